The summed E-state index contributed by atoms with van der Waals surface area (Å²) in [6.07, 6.45) is -0.0925. The first kappa shape index (κ1) is 16.7. The number of esters is 1. The number of anilines is 1. The molecule has 0 unspecified atom stereocenters. The van der Waals surface area contributed by atoms with Gasteiger partial charge in [0.05, 0.1) is 24.2 Å². The van der Waals surface area contributed by atoms with Gasteiger partial charge in [-0.3, -0.25) is 9.52 Å². The Labute approximate surface area is 121 Å². The molecular formula is C11H14ClFN2O4S. The smallest absolute Gasteiger partial charge is 0.306 e. The van der Waals surface area contributed by atoms with Gasteiger partial charge in [0.2, 0.25) is 0 Å². The minimum Gasteiger partial charge on any atom is -0.469 e. The normalized spacial score (nSPS) is 11.4. The zero-order chi connectivity index (χ0) is 15.3. The number of halogens is 2. The zero-order valence-corrected chi connectivity index (χ0v) is 12.5. The van der Waals surface area contributed by atoms with E-state index in [1.54, 1.807) is 0 Å². The van der Waals surface area contributed by atoms with Crippen LogP contribution >= 0.6 is 11.6 Å². The van der Waals surface area contributed by atoms with Crippen molar-refractivity contribution in [3.8, 4) is 0 Å². The zero-order valence-electron chi connectivity index (χ0n) is 10.9. The molecule has 0 fully saturated rings. The molecule has 0 aliphatic heterocycles. The van der Waals surface area contributed by atoms with Crippen LogP contribution < -0.4 is 4.72 Å². The van der Waals surface area contributed by atoms with Crippen molar-refractivity contribution in [2.24, 2.45) is 0 Å². The lowest BCUT2D eigenvalue weighted by atomic mass is 10.3. The molecule has 0 aliphatic carbocycles. The predicted molar refractivity (Wildman–Crippen MR) is 73.2 cm³/mol. The summed E-state index contributed by atoms with van der Waals surface area (Å²) >= 11 is 5.77. The maximum Gasteiger partial charge on any atom is 0.306 e. The van der Waals surface area contributed by atoms with Crippen molar-refractivity contribution in [3.05, 3.63) is 29.0 Å². The van der Waals surface area contributed by atoms with Crippen LogP contribution in [0.1, 0.15) is 6.42 Å². The Bertz CT molecular complexity index is 594. The number of benzene rings is 1. The molecule has 0 saturated carbocycles. The standard InChI is InChI=1S/C11H14ClFN2O4S/c1-15(6-5-11(16)19-2)20(17,18)14-10-7-8(13)3-4-9(10)12/h3-4,7,14H,5-6H2,1-2H3. The van der Waals surface area contributed by atoms with Gasteiger partial charge in [0.15, 0.2) is 0 Å². The Morgan fingerprint density at radius 1 is 1.50 bits per heavy atom. The van der Waals surface area contributed by atoms with Crippen molar-refractivity contribution in [1.82, 2.24) is 4.31 Å². The van der Waals surface area contributed by atoms with Crippen molar-refractivity contribution < 1.29 is 22.3 Å². The third kappa shape index (κ3) is 4.62. The average molecular weight is 325 g/mol. The van der Waals surface area contributed by atoms with Crippen LogP contribution in [0.15, 0.2) is 18.2 Å². The first-order valence-corrected chi connectivity index (χ1v) is 7.34. The van der Waals surface area contributed by atoms with Crippen LogP contribution in [0, 0.1) is 5.82 Å². The summed E-state index contributed by atoms with van der Waals surface area (Å²) in [6.45, 7) is -0.0745. The third-order valence-corrected chi connectivity index (χ3v) is 4.25. The van der Waals surface area contributed by atoms with Crippen LogP contribution in [0.2, 0.25) is 5.02 Å². The molecule has 0 spiro atoms. The average Bonchev–Trinajstić information content (AvgIpc) is 2.39. The van der Waals surface area contributed by atoms with Gasteiger partial charge in [-0.25, -0.2) is 4.39 Å². The molecule has 0 atom stereocenters. The fourth-order valence-electron chi connectivity index (χ4n) is 1.26. The summed E-state index contributed by atoms with van der Waals surface area (Å²) in [6, 6.07) is 3.32. The van der Waals surface area contributed by atoms with Crippen molar-refractivity contribution in [2.75, 3.05) is 25.4 Å². The second-order valence-corrected chi connectivity index (χ2v) is 6.06. The second kappa shape index (κ2) is 6.87. The molecule has 1 N–H and O–H groups in total. The van der Waals surface area contributed by atoms with E-state index in [1.807, 2.05) is 0 Å². The van der Waals surface area contributed by atoms with Crippen LogP contribution in [0.3, 0.4) is 0 Å². The maximum absolute atomic E-state index is 13.1. The molecular weight excluding hydrogens is 311 g/mol. The molecule has 6 nitrogen and oxygen atoms in total. The van der Waals surface area contributed by atoms with Gasteiger partial charge in [-0.05, 0) is 18.2 Å². The highest BCUT2D eigenvalue weighted by Gasteiger charge is 2.20. The van der Waals surface area contributed by atoms with Crippen molar-refractivity contribution in [3.63, 3.8) is 0 Å². The minimum absolute atomic E-state index is 0.0661. The predicted octanol–water partition coefficient (Wildman–Crippen LogP) is 1.63. The number of carbonyl (C=O) groups excluding carboxylic acids is 1. The van der Waals surface area contributed by atoms with E-state index in [2.05, 4.69) is 9.46 Å². The number of methoxy groups -OCH3 is 1. The topological polar surface area (TPSA) is 75.7 Å². The summed E-state index contributed by atoms with van der Waals surface area (Å²) < 4.78 is 44.4. The lowest BCUT2D eigenvalue weighted by molar-refractivity contribution is -0.140. The summed E-state index contributed by atoms with van der Waals surface area (Å²) in [4.78, 5) is 11.0. The van der Waals surface area contributed by atoms with E-state index in [9.17, 15) is 17.6 Å². The quantitative estimate of drug-likeness (QED) is 0.807. The van der Waals surface area contributed by atoms with Gasteiger partial charge in [0, 0.05) is 13.6 Å². The van der Waals surface area contributed by atoms with Gasteiger partial charge >= 0.3 is 16.2 Å². The Hall–Kier alpha value is -1.38. The Balaban J connectivity index is 2.78. The number of hydrogen-bond acceptors (Lipinski definition) is 4. The van der Waals surface area contributed by atoms with Gasteiger partial charge < -0.3 is 4.74 Å². The number of hydrogen-bond donors (Lipinski definition) is 1. The number of rotatable bonds is 6. The molecule has 0 aliphatic rings. The van der Waals surface area contributed by atoms with Crippen molar-refractivity contribution in [2.45, 2.75) is 6.42 Å². The fourth-order valence-corrected chi connectivity index (χ4v) is 2.42. The monoisotopic (exact) mass is 324 g/mol. The number of ether oxygens (including phenoxy) is 1. The summed E-state index contributed by atoms with van der Waals surface area (Å²) in [5, 5.41) is 0.0661. The molecule has 1 aromatic rings. The van der Waals surface area contributed by atoms with Gasteiger partial charge in [-0.15, -0.1) is 0 Å². The fraction of sp³-hybridized carbons (Fsp3) is 0.364. The highest BCUT2D eigenvalue weighted by Crippen LogP contribution is 2.23. The van der Waals surface area contributed by atoms with Crippen LogP contribution in [0.5, 0.6) is 0 Å². The molecule has 0 radical (unpaired) electrons. The van der Waals surface area contributed by atoms with Gasteiger partial charge in [0.25, 0.3) is 0 Å². The van der Waals surface area contributed by atoms with E-state index in [1.165, 1.54) is 20.2 Å². The maximum atomic E-state index is 13.1. The van der Waals surface area contributed by atoms with Gasteiger partial charge in [0.1, 0.15) is 5.82 Å². The van der Waals surface area contributed by atoms with Gasteiger partial charge in [-0.1, -0.05) is 11.6 Å². The van der Waals surface area contributed by atoms with Crippen LogP contribution in [-0.2, 0) is 19.7 Å². The summed E-state index contributed by atoms with van der Waals surface area (Å²) in [5.74, 6) is -1.15. The lowest BCUT2D eigenvalue weighted by Crippen LogP contribution is -2.34. The molecule has 0 saturated heterocycles. The first-order chi connectivity index (χ1) is 9.26. The highest BCUT2D eigenvalue weighted by atomic mass is 35.5. The van der Waals surface area contributed by atoms with E-state index in [-0.39, 0.29) is 23.7 Å². The van der Waals surface area contributed by atoms with E-state index in [0.717, 1.165) is 16.4 Å². The Morgan fingerprint density at radius 3 is 2.75 bits per heavy atom. The van der Waals surface area contributed by atoms with E-state index in [0.29, 0.717) is 0 Å². The van der Waals surface area contributed by atoms with Crippen molar-refractivity contribution >= 4 is 33.5 Å². The first-order valence-electron chi connectivity index (χ1n) is 5.52. The van der Waals surface area contributed by atoms with E-state index in [4.69, 9.17) is 11.6 Å². The van der Waals surface area contributed by atoms with Gasteiger partial charge in [-0.2, -0.15) is 12.7 Å². The SMILES string of the molecule is COC(=O)CCN(C)S(=O)(=O)Nc1cc(F)ccc1Cl. The van der Waals surface area contributed by atoms with Crippen LogP contribution in [0.4, 0.5) is 10.1 Å². The molecule has 1 aromatic carbocycles. The molecule has 0 heterocycles. The summed E-state index contributed by atoms with van der Waals surface area (Å²) in [5.41, 5.74) is -0.0726. The molecule has 0 aromatic heterocycles. The number of nitrogens with zero attached hydrogens (tertiary/aromatic N) is 1. The van der Waals surface area contributed by atoms with E-state index >= 15 is 0 Å². The molecule has 0 bridgehead atoms. The van der Waals surface area contributed by atoms with Crippen LogP contribution in [0.25, 0.3) is 0 Å². The summed E-state index contributed by atoms with van der Waals surface area (Å²) in [7, 11) is -1.45. The Kier molecular flexibility index (Phi) is 5.73. The minimum atomic E-state index is -3.93. The molecule has 9 heteroatoms. The molecule has 112 valence electrons. The van der Waals surface area contributed by atoms with E-state index < -0.39 is 22.0 Å². The van der Waals surface area contributed by atoms with Crippen LogP contribution in [-0.4, -0.2) is 39.4 Å². The highest BCUT2D eigenvalue weighted by molar-refractivity contribution is 7.90. The number of carbonyl (C=O) groups is 1. The third-order valence-electron chi connectivity index (χ3n) is 2.44. The number of nitrogens with one attached hydrogen (secondary N) is 1. The molecule has 0 amide bonds. The molecule has 1 rings (SSSR count). The van der Waals surface area contributed by atoms with Crippen molar-refractivity contribution in [1.29, 1.82) is 0 Å². The Morgan fingerprint density at radius 2 is 2.15 bits per heavy atom. The largest absolute Gasteiger partial charge is 0.469 e. The lowest BCUT2D eigenvalue weighted by Gasteiger charge is -2.18. The molecule has 20 heavy (non-hydrogen) atoms. The second-order valence-electron chi connectivity index (χ2n) is 3.88.